The quantitative estimate of drug-likeness (QED) is 0.753. The number of carboxylic acids is 1. The Bertz CT molecular complexity index is 450. The van der Waals surface area contributed by atoms with Crippen molar-refractivity contribution in [2.75, 3.05) is 33.7 Å². The standard InChI is InChI=1S/C16H27N3O2/c1-5-19(13(2)11-18(3)4)12-16(17,15(20)21)14-9-7-6-8-10-14/h6-10,13H,5,11-12,17H2,1-4H3,(H,20,21). The molecule has 1 aromatic rings. The van der Waals surface area contributed by atoms with E-state index in [-0.39, 0.29) is 12.6 Å². The highest BCUT2D eigenvalue weighted by Crippen LogP contribution is 2.21. The molecule has 5 heteroatoms. The van der Waals surface area contributed by atoms with Gasteiger partial charge in [0.25, 0.3) is 0 Å². The number of nitrogens with zero attached hydrogens (tertiary/aromatic N) is 2. The maximum atomic E-state index is 11.8. The van der Waals surface area contributed by atoms with Crippen LogP contribution < -0.4 is 5.73 Å². The van der Waals surface area contributed by atoms with Crippen molar-refractivity contribution in [2.45, 2.75) is 25.4 Å². The topological polar surface area (TPSA) is 69.8 Å². The first kappa shape index (κ1) is 17.6. The second kappa shape index (κ2) is 7.54. The van der Waals surface area contributed by atoms with E-state index in [0.29, 0.717) is 5.56 Å². The molecule has 0 aromatic heterocycles. The molecule has 0 amide bonds. The van der Waals surface area contributed by atoms with Gasteiger partial charge in [-0.3, -0.25) is 4.90 Å². The molecule has 0 heterocycles. The van der Waals surface area contributed by atoms with E-state index in [4.69, 9.17) is 5.73 Å². The zero-order valence-electron chi connectivity index (χ0n) is 13.4. The van der Waals surface area contributed by atoms with Crippen LogP contribution in [0.4, 0.5) is 0 Å². The third kappa shape index (κ3) is 4.52. The average Bonchev–Trinajstić information content (AvgIpc) is 2.44. The van der Waals surface area contributed by atoms with Crippen molar-refractivity contribution in [3.05, 3.63) is 35.9 Å². The Labute approximate surface area is 127 Å². The normalized spacial score (nSPS) is 16.0. The van der Waals surface area contributed by atoms with Gasteiger partial charge >= 0.3 is 5.97 Å². The van der Waals surface area contributed by atoms with E-state index in [2.05, 4.69) is 16.7 Å². The zero-order chi connectivity index (χ0) is 16.0. The monoisotopic (exact) mass is 293 g/mol. The molecule has 0 fully saturated rings. The summed E-state index contributed by atoms with van der Waals surface area (Å²) in [5.74, 6) is -0.996. The SMILES string of the molecule is CCN(CC(N)(C(=O)O)c1ccccc1)C(C)CN(C)C. The van der Waals surface area contributed by atoms with Crippen molar-refractivity contribution in [3.63, 3.8) is 0 Å². The average molecular weight is 293 g/mol. The number of benzene rings is 1. The van der Waals surface area contributed by atoms with Crippen LogP contribution in [0.1, 0.15) is 19.4 Å². The first-order valence-electron chi connectivity index (χ1n) is 7.27. The van der Waals surface area contributed by atoms with Gasteiger partial charge in [0.05, 0.1) is 0 Å². The first-order valence-corrected chi connectivity index (χ1v) is 7.27. The molecule has 1 rings (SSSR count). The van der Waals surface area contributed by atoms with E-state index in [0.717, 1.165) is 13.1 Å². The molecule has 0 spiro atoms. The molecule has 3 N–H and O–H groups in total. The lowest BCUT2D eigenvalue weighted by Crippen LogP contribution is -2.56. The highest BCUT2D eigenvalue weighted by molar-refractivity contribution is 5.80. The van der Waals surface area contributed by atoms with Crippen LogP contribution in [-0.4, -0.2) is 60.6 Å². The highest BCUT2D eigenvalue weighted by atomic mass is 16.4. The van der Waals surface area contributed by atoms with Crippen molar-refractivity contribution in [1.29, 1.82) is 0 Å². The fraction of sp³-hybridized carbons (Fsp3) is 0.562. The smallest absolute Gasteiger partial charge is 0.329 e. The van der Waals surface area contributed by atoms with Gasteiger partial charge in [0, 0.05) is 19.1 Å². The Morgan fingerprint density at radius 2 is 1.90 bits per heavy atom. The van der Waals surface area contributed by atoms with Crippen LogP contribution in [0.25, 0.3) is 0 Å². The van der Waals surface area contributed by atoms with Crippen molar-refractivity contribution in [1.82, 2.24) is 9.80 Å². The number of hydrogen-bond acceptors (Lipinski definition) is 4. The van der Waals surface area contributed by atoms with Crippen molar-refractivity contribution < 1.29 is 9.90 Å². The summed E-state index contributed by atoms with van der Waals surface area (Å²) in [5, 5.41) is 9.63. The van der Waals surface area contributed by atoms with Gasteiger partial charge in [0.15, 0.2) is 5.54 Å². The molecular weight excluding hydrogens is 266 g/mol. The van der Waals surface area contributed by atoms with E-state index >= 15 is 0 Å². The van der Waals surface area contributed by atoms with Crippen molar-refractivity contribution >= 4 is 5.97 Å². The first-order chi connectivity index (χ1) is 9.81. The molecular formula is C16H27N3O2. The van der Waals surface area contributed by atoms with E-state index in [1.165, 1.54) is 0 Å². The second-order valence-corrected chi connectivity index (χ2v) is 5.82. The summed E-state index contributed by atoms with van der Waals surface area (Å²) in [6.45, 7) is 6.03. The lowest BCUT2D eigenvalue weighted by atomic mass is 9.90. The van der Waals surface area contributed by atoms with Crippen LogP contribution in [0.2, 0.25) is 0 Å². The third-order valence-corrected chi connectivity index (χ3v) is 3.78. The number of nitrogens with two attached hydrogens (primary N) is 1. The Morgan fingerprint density at radius 3 is 2.33 bits per heavy atom. The van der Waals surface area contributed by atoms with Crippen molar-refractivity contribution in [3.8, 4) is 0 Å². The minimum absolute atomic E-state index is 0.232. The lowest BCUT2D eigenvalue weighted by Gasteiger charge is -2.36. The zero-order valence-corrected chi connectivity index (χ0v) is 13.4. The summed E-state index contributed by atoms with van der Waals surface area (Å²) in [6.07, 6.45) is 0. The molecule has 2 atom stereocenters. The maximum absolute atomic E-state index is 11.8. The number of carboxylic acid groups (broad SMARTS) is 1. The summed E-state index contributed by atoms with van der Waals surface area (Å²) < 4.78 is 0. The van der Waals surface area contributed by atoms with E-state index in [9.17, 15) is 9.90 Å². The largest absolute Gasteiger partial charge is 0.480 e. The third-order valence-electron chi connectivity index (χ3n) is 3.78. The fourth-order valence-corrected chi connectivity index (χ4v) is 2.56. The molecule has 0 aliphatic heterocycles. The molecule has 21 heavy (non-hydrogen) atoms. The molecule has 2 unspecified atom stereocenters. The Balaban J connectivity index is 2.99. The molecule has 118 valence electrons. The predicted molar refractivity (Wildman–Crippen MR) is 85.2 cm³/mol. The summed E-state index contributed by atoms with van der Waals surface area (Å²) in [4.78, 5) is 16.0. The van der Waals surface area contributed by atoms with E-state index in [1.54, 1.807) is 12.1 Å². The van der Waals surface area contributed by atoms with Gasteiger partial charge in [-0.25, -0.2) is 4.79 Å². The predicted octanol–water partition coefficient (Wildman–Crippen LogP) is 1.20. The second-order valence-electron chi connectivity index (χ2n) is 5.82. The maximum Gasteiger partial charge on any atom is 0.329 e. The molecule has 0 aliphatic rings. The minimum Gasteiger partial charge on any atom is -0.480 e. The summed E-state index contributed by atoms with van der Waals surface area (Å²) in [7, 11) is 4.02. The van der Waals surface area contributed by atoms with Crippen LogP contribution in [-0.2, 0) is 10.3 Å². The molecule has 0 bridgehead atoms. The number of hydrogen-bond donors (Lipinski definition) is 2. The molecule has 5 nitrogen and oxygen atoms in total. The summed E-state index contributed by atoms with van der Waals surface area (Å²) in [6, 6.07) is 9.28. The van der Waals surface area contributed by atoms with Gasteiger partial charge < -0.3 is 15.7 Å². The lowest BCUT2D eigenvalue weighted by molar-refractivity contribution is -0.144. The Hall–Kier alpha value is -1.43. The van der Waals surface area contributed by atoms with Gasteiger partial charge in [-0.1, -0.05) is 37.3 Å². The van der Waals surface area contributed by atoms with Gasteiger partial charge in [-0.2, -0.15) is 0 Å². The van der Waals surface area contributed by atoms with E-state index < -0.39 is 11.5 Å². The van der Waals surface area contributed by atoms with Crippen LogP contribution >= 0.6 is 0 Å². The Morgan fingerprint density at radius 1 is 1.33 bits per heavy atom. The van der Waals surface area contributed by atoms with Gasteiger partial charge in [-0.05, 0) is 33.1 Å². The van der Waals surface area contributed by atoms with Gasteiger partial charge in [0.2, 0.25) is 0 Å². The Kier molecular flexibility index (Phi) is 6.33. The molecule has 0 saturated heterocycles. The van der Waals surface area contributed by atoms with Crippen LogP contribution in [0.3, 0.4) is 0 Å². The highest BCUT2D eigenvalue weighted by Gasteiger charge is 2.38. The van der Waals surface area contributed by atoms with Crippen molar-refractivity contribution in [2.24, 2.45) is 5.73 Å². The number of likely N-dealkylation sites (N-methyl/N-ethyl adjacent to an activating group) is 2. The van der Waals surface area contributed by atoms with Crippen LogP contribution in [0, 0.1) is 0 Å². The number of aliphatic carboxylic acids is 1. The molecule has 0 aliphatic carbocycles. The number of carbonyl (C=O) groups is 1. The molecule has 0 radical (unpaired) electrons. The van der Waals surface area contributed by atoms with E-state index in [1.807, 2.05) is 39.2 Å². The molecule has 0 saturated carbocycles. The summed E-state index contributed by atoms with van der Waals surface area (Å²) >= 11 is 0. The fourth-order valence-electron chi connectivity index (χ4n) is 2.56. The van der Waals surface area contributed by atoms with Gasteiger partial charge in [-0.15, -0.1) is 0 Å². The van der Waals surface area contributed by atoms with Gasteiger partial charge in [0.1, 0.15) is 0 Å². The van der Waals surface area contributed by atoms with Crippen LogP contribution in [0.5, 0.6) is 0 Å². The number of rotatable bonds is 8. The summed E-state index contributed by atoms with van der Waals surface area (Å²) in [5.41, 5.74) is 5.49. The van der Waals surface area contributed by atoms with Crippen LogP contribution in [0.15, 0.2) is 30.3 Å². The minimum atomic E-state index is -1.39. The molecule has 1 aromatic carbocycles.